The maximum Gasteiger partial charge on any atom is 0.261 e. The summed E-state index contributed by atoms with van der Waals surface area (Å²) in [5, 5.41) is 3.58. The molecule has 0 fully saturated rings. The van der Waals surface area contributed by atoms with Crippen LogP contribution in [-0.4, -0.2) is 27.9 Å². The van der Waals surface area contributed by atoms with Gasteiger partial charge in [-0.05, 0) is 35.9 Å². The number of pyridine rings is 1. The van der Waals surface area contributed by atoms with Crippen molar-refractivity contribution >= 4 is 23.2 Å². The van der Waals surface area contributed by atoms with Crippen molar-refractivity contribution in [2.24, 2.45) is 0 Å². The molecule has 1 atom stereocenters. The highest BCUT2D eigenvalue weighted by Crippen LogP contribution is 2.31. The first-order chi connectivity index (χ1) is 11.7. The predicted octanol–water partition coefficient (Wildman–Crippen LogP) is 2.65. The molecule has 1 amide bonds. The Hall–Kier alpha value is -2.53. The van der Waals surface area contributed by atoms with Gasteiger partial charge in [-0.25, -0.2) is 4.98 Å². The number of carbonyl (C=O) groups is 1. The van der Waals surface area contributed by atoms with Gasteiger partial charge in [0.15, 0.2) is 6.10 Å². The number of fused-ring (bicyclic) bond motifs is 2. The number of hydrogen-bond acceptors (Lipinski definition) is 3. The van der Waals surface area contributed by atoms with Crippen LogP contribution in [0.4, 0.5) is 0 Å². The highest BCUT2D eigenvalue weighted by atomic mass is 35.5. The number of ether oxygens (including phenoxy) is 1. The zero-order valence-electron chi connectivity index (χ0n) is 12.9. The summed E-state index contributed by atoms with van der Waals surface area (Å²) in [7, 11) is 0. The molecule has 122 valence electrons. The van der Waals surface area contributed by atoms with Gasteiger partial charge < -0.3 is 14.5 Å². The summed E-state index contributed by atoms with van der Waals surface area (Å²) in [5.74, 6) is 0.631. The molecule has 0 radical (unpaired) electrons. The minimum Gasteiger partial charge on any atom is -0.480 e. The lowest BCUT2D eigenvalue weighted by Gasteiger charge is -2.10. The van der Waals surface area contributed by atoms with E-state index in [1.807, 2.05) is 47.1 Å². The van der Waals surface area contributed by atoms with Gasteiger partial charge in [0.1, 0.15) is 11.4 Å². The van der Waals surface area contributed by atoms with Crippen LogP contribution < -0.4 is 10.1 Å². The summed E-state index contributed by atoms with van der Waals surface area (Å²) in [5.41, 5.74) is 2.83. The molecule has 1 aliphatic heterocycles. The number of carbonyl (C=O) groups excluding carboxylic acids is 1. The monoisotopic (exact) mass is 341 g/mol. The quantitative estimate of drug-likeness (QED) is 0.793. The second-order valence-electron chi connectivity index (χ2n) is 5.80. The number of imidazole rings is 1. The minimum absolute atomic E-state index is 0.105. The van der Waals surface area contributed by atoms with Crippen LogP contribution in [0.25, 0.3) is 5.65 Å². The summed E-state index contributed by atoms with van der Waals surface area (Å²) in [6.45, 7) is 0.527. The van der Waals surface area contributed by atoms with Crippen molar-refractivity contribution in [3.05, 3.63) is 65.1 Å². The standard InChI is InChI=1S/C18H16ClN3O2/c19-13-4-5-15-12(9-13)10-16(24-15)18(23)20-7-6-14-11-22-8-2-1-3-17(22)21-14/h1-5,8-9,11,16H,6-7,10H2,(H,20,23)/t16-/m1/s1. The molecule has 1 N–H and O–H groups in total. The van der Waals surface area contributed by atoms with Crippen molar-refractivity contribution in [1.29, 1.82) is 0 Å². The molecule has 4 rings (SSSR count). The van der Waals surface area contributed by atoms with E-state index < -0.39 is 6.10 Å². The topological polar surface area (TPSA) is 55.6 Å². The molecular weight excluding hydrogens is 326 g/mol. The summed E-state index contributed by atoms with van der Waals surface area (Å²) >= 11 is 5.97. The Morgan fingerprint density at radius 1 is 1.38 bits per heavy atom. The number of nitrogens with zero attached hydrogens (tertiary/aromatic N) is 2. The number of nitrogens with one attached hydrogen (secondary N) is 1. The van der Waals surface area contributed by atoms with E-state index in [2.05, 4.69) is 10.3 Å². The SMILES string of the molecule is O=C(NCCc1cn2ccccc2n1)[C@H]1Cc2cc(Cl)ccc2O1. The Balaban J connectivity index is 1.32. The third kappa shape index (κ3) is 2.95. The number of benzene rings is 1. The first-order valence-corrected chi connectivity index (χ1v) is 8.22. The van der Waals surface area contributed by atoms with Crippen LogP contribution in [0.2, 0.25) is 5.02 Å². The molecule has 5 nitrogen and oxygen atoms in total. The number of hydrogen-bond donors (Lipinski definition) is 1. The molecule has 0 bridgehead atoms. The van der Waals surface area contributed by atoms with Crippen molar-refractivity contribution in [3.63, 3.8) is 0 Å². The van der Waals surface area contributed by atoms with E-state index in [1.165, 1.54) is 0 Å². The molecular formula is C18H16ClN3O2. The van der Waals surface area contributed by atoms with Gasteiger partial charge in [-0.3, -0.25) is 4.79 Å². The number of halogens is 1. The van der Waals surface area contributed by atoms with Crippen molar-refractivity contribution in [2.45, 2.75) is 18.9 Å². The highest BCUT2D eigenvalue weighted by molar-refractivity contribution is 6.30. The fourth-order valence-electron chi connectivity index (χ4n) is 2.90. The molecule has 2 aromatic heterocycles. The van der Waals surface area contributed by atoms with Crippen LogP contribution in [0, 0.1) is 0 Å². The average Bonchev–Trinajstić information content (AvgIpc) is 3.17. The van der Waals surface area contributed by atoms with Crippen LogP contribution in [0.3, 0.4) is 0 Å². The van der Waals surface area contributed by atoms with E-state index in [4.69, 9.17) is 16.3 Å². The Morgan fingerprint density at radius 2 is 2.29 bits per heavy atom. The molecule has 0 saturated carbocycles. The summed E-state index contributed by atoms with van der Waals surface area (Å²) in [4.78, 5) is 16.8. The summed E-state index contributed by atoms with van der Waals surface area (Å²) < 4.78 is 7.65. The molecule has 24 heavy (non-hydrogen) atoms. The predicted molar refractivity (Wildman–Crippen MR) is 91.5 cm³/mol. The number of rotatable bonds is 4. The first kappa shape index (κ1) is 15.0. The highest BCUT2D eigenvalue weighted by Gasteiger charge is 2.28. The molecule has 0 spiro atoms. The van der Waals surface area contributed by atoms with Gasteiger partial charge in [0.2, 0.25) is 0 Å². The largest absolute Gasteiger partial charge is 0.480 e. The molecule has 0 unspecified atom stereocenters. The third-order valence-electron chi connectivity index (χ3n) is 4.08. The second kappa shape index (κ2) is 6.17. The Labute approximate surface area is 144 Å². The Bertz CT molecular complexity index is 873. The van der Waals surface area contributed by atoms with Gasteiger partial charge in [0, 0.05) is 36.8 Å². The zero-order chi connectivity index (χ0) is 16.5. The fourth-order valence-corrected chi connectivity index (χ4v) is 3.09. The second-order valence-corrected chi connectivity index (χ2v) is 6.24. The minimum atomic E-state index is -0.487. The van der Waals surface area contributed by atoms with Crippen LogP contribution in [0.15, 0.2) is 48.8 Å². The van der Waals surface area contributed by atoms with E-state index in [9.17, 15) is 4.79 Å². The smallest absolute Gasteiger partial charge is 0.261 e. The van der Waals surface area contributed by atoms with Crippen LogP contribution >= 0.6 is 11.6 Å². The molecule has 1 aliphatic rings. The summed E-state index contributed by atoms with van der Waals surface area (Å²) in [6, 6.07) is 11.3. The molecule has 1 aromatic carbocycles. The van der Waals surface area contributed by atoms with Crippen molar-refractivity contribution in [2.75, 3.05) is 6.54 Å². The number of amides is 1. The zero-order valence-corrected chi connectivity index (χ0v) is 13.7. The van der Waals surface area contributed by atoms with E-state index >= 15 is 0 Å². The van der Waals surface area contributed by atoms with Crippen molar-refractivity contribution in [3.8, 4) is 5.75 Å². The molecule has 6 heteroatoms. The van der Waals surface area contributed by atoms with Crippen molar-refractivity contribution < 1.29 is 9.53 Å². The van der Waals surface area contributed by atoms with Gasteiger partial charge in [0.25, 0.3) is 5.91 Å². The van der Waals surface area contributed by atoms with Crippen LogP contribution in [0.5, 0.6) is 5.75 Å². The Morgan fingerprint density at radius 3 is 3.17 bits per heavy atom. The van der Waals surface area contributed by atoms with E-state index in [-0.39, 0.29) is 5.91 Å². The lowest BCUT2D eigenvalue weighted by atomic mass is 10.1. The van der Waals surface area contributed by atoms with Gasteiger partial charge in [-0.2, -0.15) is 0 Å². The van der Waals surface area contributed by atoms with Crippen LogP contribution in [-0.2, 0) is 17.6 Å². The third-order valence-corrected chi connectivity index (χ3v) is 4.32. The lowest BCUT2D eigenvalue weighted by molar-refractivity contribution is -0.127. The average molecular weight is 342 g/mol. The first-order valence-electron chi connectivity index (χ1n) is 7.84. The fraction of sp³-hybridized carbons (Fsp3) is 0.222. The van der Waals surface area contributed by atoms with E-state index in [0.717, 1.165) is 22.7 Å². The van der Waals surface area contributed by atoms with Crippen LogP contribution in [0.1, 0.15) is 11.3 Å². The van der Waals surface area contributed by atoms with E-state index in [0.29, 0.717) is 24.4 Å². The van der Waals surface area contributed by atoms with Gasteiger partial charge in [0.05, 0.1) is 5.69 Å². The Kier molecular flexibility index (Phi) is 3.86. The summed E-state index contributed by atoms with van der Waals surface area (Å²) in [6.07, 6.45) is 4.68. The van der Waals surface area contributed by atoms with Gasteiger partial charge in [-0.15, -0.1) is 0 Å². The maximum atomic E-state index is 12.3. The molecule has 0 aliphatic carbocycles. The molecule has 0 saturated heterocycles. The lowest BCUT2D eigenvalue weighted by Crippen LogP contribution is -2.38. The van der Waals surface area contributed by atoms with Crippen molar-refractivity contribution in [1.82, 2.24) is 14.7 Å². The number of aromatic nitrogens is 2. The van der Waals surface area contributed by atoms with E-state index in [1.54, 1.807) is 6.07 Å². The van der Waals surface area contributed by atoms with Gasteiger partial charge in [-0.1, -0.05) is 17.7 Å². The molecule has 3 aromatic rings. The maximum absolute atomic E-state index is 12.3. The van der Waals surface area contributed by atoms with Gasteiger partial charge >= 0.3 is 0 Å². The normalized spacial score (nSPS) is 16.0. The molecule has 3 heterocycles.